The number of aromatic nitrogens is 1. The van der Waals surface area contributed by atoms with Crippen LogP contribution < -0.4 is 5.32 Å². The molecule has 18 heavy (non-hydrogen) atoms. The van der Waals surface area contributed by atoms with Crippen LogP contribution in [0.1, 0.15) is 21.8 Å². The molecule has 0 aliphatic carbocycles. The molecule has 0 spiro atoms. The second-order valence-corrected chi connectivity index (χ2v) is 4.70. The van der Waals surface area contributed by atoms with Gasteiger partial charge < -0.3 is 14.9 Å². The van der Waals surface area contributed by atoms with Crippen molar-refractivity contribution in [2.75, 3.05) is 5.32 Å². The Labute approximate surface area is 112 Å². The molecular weight excluding hydrogens is 300 g/mol. The van der Waals surface area contributed by atoms with E-state index in [1.165, 1.54) is 0 Å². The summed E-state index contributed by atoms with van der Waals surface area (Å²) >= 11 is 3.31. The van der Waals surface area contributed by atoms with E-state index in [1.54, 1.807) is 24.3 Å². The fraction of sp³-hybridized carbons (Fsp3) is 0.167. The van der Waals surface area contributed by atoms with Crippen molar-refractivity contribution in [3.8, 4) is 0 Å². The van der Waals surface area contributed by atoms with Crippen molar-refractivity contribution in [2.24, 2.45) is 0 Å². The topological polar surface area (TPSA) is 75.4 Å². The summed E-state index contributed by atoms with van der Waals surface area (Å²) in [4.78, 5) is 11.1. The predicted octanol–water partition coefficient (Wildman–Crippen LogP) is 3.06. The molecule has 2 N–H and O–H groups in total. The molecule has 1 aromatic heterocycles. The first-order valence-electron chi connectivity index (χ1n) is 5.25. The highest BCUT2D eigenvalue weighted by atomic mass is 79.9. The molecular formula is C12H11BrN2O3. The first kappa shape index (κ1) is 12.6. The van der Waals surface area contributed by atoms with Crippen molar-refractivity contribution in [1.29, 1.82) is 0 Å². The number of carboxylic acid groups (broad SMARTS) is 1. The van der Waals surface area contributed by atoms with Crippen LogP contribution in [0.5, 0.6) is 0 Å². The number of hydrogen-bond acceptors (Lipinski definition) is 4. The van der Waals surface area contributed by atoms with E-state index in [9.17, 15) is 4.79 Å². The molecule has 5 nitrogen and oxygen atoms in total. The Bertz CT molecular complexity index is 580. The third-order valence-electron chi connectivity index (χ3n) is 2.34. The van der Waals surface area contributed by atoms with Crippen LogP contribution in [0.2, 0.25) is 0 Å². The Balaban J connectivity index is 2.17. The minimum Gasteiger partial charge on any atom is -0.478 e. The number of carbonyl (C=O) groups is 1. The summed E-state index contributed by atoms with van der Waals surface area (Å²) in [5.74, 6) is -0.317. The number of hydrogen-bond donors (Lipinski definition) is 2. The first-order valence-corrected chi connectivity index (χ1v) is 6.04. The van der Waals surface area contributed by atoms with Crippen molar-refractivity contribution in [1.82, 2.24) is 5.16 Å². The monoisotopic (exact) mass is 310 g/mol. The van der Waals surface area contributed by atoms with E-state index < -0.39 is 5.97 Å². The van der Waals surface area contributed by atoms with Crippen molar-refractivity contribution >= 4 is 27.6 Å². The molecule has 94 valence electrons. The average molecular weight is 311 g/mol. The molecule has 0 aliphatic rings. The molecule has 0 unspecified atom stereocenters. The van der Waals surface area contributed by atoms with E-state index in [0.717, 1.165) is 10.2 Å². The van der Waals surface area contributed by atoms with Crippen molar-refractivity contribution in [3.05, 3.63) is 45.8 Å². The van der Waals surface area contributed by atoms with Crippen LogP contribution in [0, 0.1) is 6.92 Å². The van der Waals surface area contributed by atoms with Crippen molar-refractivity contribution in [3.63, 3.8) is 0 Å². The summed E-state index contributed by atoms with van der Waals surface area (Å²) in [5, 5.41) is 15.9. The van der Waals surface area contributed by atoms with Gasteiger partial charge in [0.25, 0.3) is 0 Å². The van der Waals surface area contributed by atoms with E-state index in [4.69, 9.17) is 9.63 Å². The van der Waals surface area contributed by atoms with E-state index in [2.05, 4.69) is 26.4 Å². The van der Waals surface area contributed by atoms with Gasteiger partial charge in [-0.2, -0.15) is 0 Å². The maximum Gasteiger partial charge on any atom is 0.337 e. The number of nitrogens with one attached hydrogen (secondary N) is 1. The van der Waals surface area contributed by atoms with Gasteiger partial charge in [-0.15, -0.1) is 0 Å². The number of aryl methyl sites for hydroxylation is 1. The van der Waals surface area contributed by atoms with Gasteiger partial charge in [0.1, 0.15) is 0 Å². The van der Waals surface area contributed by atoms with Gasteiger partial charge in [-0.05, 0) is 25.1 Å². The fourth-order valence-electron chi connectivity index (χ4n) is 1.53. The second kappa shape index (κ2) is 5.22. The fourth-order valence-corrected chi connectivity index (χ4v) is 1.89. The molecule has 1 heterocycles. The zero-order valence-electron chi connectivity index (χ0n) is 9.61. The number of halogens is 1. The summed E-state index contributed by atoms with van der Waals surface area (Å²) in [6.07, 6.45) is 0. The molecule has 0 atom stereocenters. The standard InChI is InChI=1S/C12H11BrN2O3/c1-7-4-9(18-15-7)6-14-11-5-8(13)2-3-10(11)12(16)17/h2-5,14H,6H2,1H3,(H,16,17). The molecule has 0 bridgehead atoms. The van der Waals surface area contributed by atoms with E-state index in [-0.39, 0.29) is 5.56 Å². The van der Waals surface area contributed by atoms with Gasteiger partial charge in [-0.3, -0.25) is 0 Å². The lowest BCUT2D eigenvalue weighted by Crippen LogP contribution is -2.06. The Kier molecular flexibility index (Phi) is 3.66. The molecule has 0 fully saturated rings. The van der Waals surface area contributed by atoms with Crippen LogP contribution in [0.4, 0.5) is 5.69 Å². The average Bonchev–Trinajstić information content (AvgIpc) is 2.72. The third kappa shape index (κ3) is 2.89. The lowest BCUT2D eigenvalue weighted by Gasteiger charge is -2.08. The molecule has 0 saturated carbocycles. The summed E-state index contributed by atoms with van der Waals surface area (Å²) in [6, 6.07) is 6.74. The van der Waals surface area contributed by atoms with E-state index >= 15 is 0 Å². The van der Waals surface area contributed by atoms with Gasteiger partial charge in [0, 0.05) is 10.5 Å². The molecule has 0 saturated heterocycles. The quantitative estimate of drug-likeness (QED) is 0.907. The number of carboxylic acids is 1. The minimum absolute atomic E-state index is 0.217. The van der Waals surface area contributed by atoms with Gasteiger partial charge in [-0.25, -0.2) is 4.79 Å². The Morgan fingerprint density at radius 1 is 1.50 bits per heavy atom. The molecule has 0 amide bonds. The van der Waals surface area contributed by atoms with Crippen LogP contribution in [-0.2, 0) is 6.54 Å². The van der Waals surface area contributed by atoms with E-state index in [0.29, 0.717) is 18.0 Å². The SMILES string of the molecule is Cc1cc(CNc2cc(Br)ccc2C(=O)O)on1. The number of nitrogens with zero attached hydrogens (tertiary/aromatic N) is 1. The van der Waals surface area contributed by atoms with Gasteiger partial charge >= 0.3 is 5.97 Å². The van der Waals surface area contributed by atoms with Crippen molar-refractivity contribution < 1.29 is 14.4 Å². The summed E-state index contributed by atoms with van der Waals surface area (Å²) in [5.41, 5.74) is 1.54. The number of aromatic carboxylic acids is 1. The summed E-state index contributed by atoms with van der Waals surface area (Å²) in [7, 11) is 0. The molecule has 6 heteroatoms. The first-order chi connectivity index (χ1) is 8.56. The Hall–Kier alpha value is -1.82. The normalized spacial score (nSPS) is 10.3. The van der Waals surface area contributed by atoms with E-state index in [1.807, 2.05) is 6.92 Å². The van der Waals surface area contributed by atoms with Crippen LogP contribution >= 0.6 is 15.9 Å². The second-order valence-electron chi connectivity index (χ2n) is 3.78. The van der Waals surface area contributed by atoms with Gasteiger partial charge in [0.05, 0.1) is 23.5 Å². The number of anilines is 1. The highest BCUT2D eigenvalue weighted by Crippen LogP contribution is 2.22. The van der Waals surface area contributed by atoms with Gasteiger partial charge in [0.2, 0.25) is 0 Å². The number of rotatable bonds is 4. The molecule has 0 radical (unpaired) electrons. The maximum absolute atomic E-state index is 11.1. The lowest BCUT2D eigenvalue weighted by molar-refractivity contribution is 0.0698. The smallest absolute Gasteiger partial charge is 0.337 e. The maximum atomic E-state index is 11.1. The third-order valence-corrected chi connectivity index (χ3v) is 2.84. The molecule has 2 rings (SSSR count). The Morgan fingerprint density at radius 2 is 2.28 bits per heavy atom. The highest BCUT2D eigenvalue weighted by molar-refractivity contribution is 9.10. The zero-order chi connectivity index (χ0) is 13.1. The zero-order valence-corrected chi connectivity index (χ0v) is 11.2. The number of benzene rings is 1. The van der Waals surface area contributed by atoms with Gasteiger partial charge in [0.15, 0.2) is 5.76 Å². The largest absolute Gasteiger partial charge is 0.478 e. The van der Waals surface area contributed by atoms with Crippen LogP contribution in [0.25, 0.3) is 0 Å². The van der Waals surface area contributed by atoms with Crippen LogP contribution in [0.3, 0.4) is 0 Å². The minimum atomic E-state index is -0.973. The van der Waals surface area contributed by atoms with Gasteiger partial charge in [-0.1, -0.05) is 21.1 Å². The summed E-state index contributed by atoms with van der Waals surface area (Å²) < 4.78 is 5.85. The Morgan fingerprint density at radius 3 is 2.89 bits per heavy atom. The van der Waals surface area contributed by atoms with Crippen molar-refractivity contribution in [2.45, 2.75) is 13.5 Å². The summed E-state index contributed by atoms with van der Waals surface area (Å²) in [6.45, 7) is 2.21. The van der Waals surface area contributed by atoms with Crippen LogP contribution in [0.15, 0.2) is 33.3 Å². The molecule has 0 aliphatic heterocycles. The predicted molar refractivity (Wildman–Crippen MR) is 69.7 cm³/mol. The molecule has 2 aromatic rings. The molecule has 1 aromatic carbocycles. The lowest BCUT2D eigenvalue weighted by atomic mass is 10.2. The van der Waals surface area contributed by atoms with Crippen LogP contribution in [-0.4, -0.2) is 16.2 Å². The highest BCUT2D eigenvalue weighted by Gasteiger charge is 2.10.